The van der Waals surface area contributed by atoms with Crippen LogP contribution in [-0.4, -0.2) is 27.6 Å². The molecular weight excluding hydrogens is 408 g/mol. The maximum atomic E-state index is 13.1. The maximum Gasteiger partial charge on any atom is 0.258 e. The smallest absolute Gasteiger partial charge is 0.258 e. The van der Waals surface area contributed by atoms with Crippen LogP contribution in [0.15, 0.2) is 53.7 Å². The van der Waals surface area contributed by atoms with Crippen LogP contribution in [0.4, 0.5) is 0 Å². The molecule has 0 unspecified atom stereocenters. The molecule has 0 radical (unpaired) electrons. The first kappa shape index (κ1) is 21.7. The summed E-state index contributed by atoms with van der Waals surface area (Å²) in [6, 6.07) is 10.8. The second-order valence-electron chi connectivity index (χ2n) is 9.60. The Bertz CT molecular complexity index is 1360. The molecule has 0 aliphatic carbocycles. The first-order valence-corrected chi connectivity index (χ1v) is 11.9. The summed E-state index contributed by atoms with van der Waals surface area (Å²) in [7, 11) is 1.83. The van der Waals surface area contributed by atoms with Crippen molar-refractivity contribution in [3.63, 3.8) is 0 Å². The van der Waals surface area contributed by atoms with Crippen LogP contribution >= 0.6 is 0 Å². The van der Waals surface area contributed by atoms with E-state index in [1.54, 1.807) is 17.0 Å². The number of nitrogens with zero attached hydrogens (tertiary/aromatic N) is 2. The van der Waals surface area contributed by atoms with Gasteiger partial charge in [-0.1, -0.05) is 26.0 Å². The zero-order valence-corrected chi connectivity index (χ0v) is 19.9. The molecule has 5 heteroatoms. The Labute approximate surface area is 194 Å². The number of fused-ring (bicyclic) bond motifs is 1. The zero-order chi connectivity index (χ0) is 23.1. The number of aromatic nitrogens is 3. The van der Waals surface area contributed by atoms with Gasteiger partial charge in [0, 0.05) is 47.7 Å². The van der Waals surface area contributed by atoms with Crippen LogP contribution in [0.3, 0.4) is 0 Å². The van der Waals surface area contributed by atoms with Crippen molar-refractivity contribution in [2.45, 2.75) is 45.4 Å². The van der Waals surface area contributed by atoms with E-state index in [9.17, 15) is 4.79 Å². The lowest BCUT2D eigenvalue weighted by molar-refractivity contribution is 0.460. The fourth-order valence-corrected chi connectivity index (χ4v) is 5.37. The zero-order valence-electron chi connectivity index (χ0n) is 19.9. The van der Waals surface area contributed by atoms with Gasteiger partial charge in [0.15, 0.2) is 0 Å². The molecule has 0 bridgehead atoms. The second-order valence-corrected chi connectivity index (χ2v) is 9.60. The Hall–Kier alpha value is -3.18. The van der Waals surface area contributed by atoms with Crippen LogP contribution in [0.5, 0.6) is 0 Å². The van der Waals surface area contributed by atoms with Crippen LogP contribution in [0, 0.1) is 6.92 Å². The summed E-state index contributed by atoms with van der Waals surface area (Å²) >= 11 is 0. The molecule has 1 aromatic carbocycles. The highest BCUT2D eigenvalue weighted by atomic mass is 16.1. The second kappa shape index (κ2) is 8.64. The van der Waals surface area contributed by atoms with Gasteiger partial charge < -0.3 is 14.9 Å². The quantitative estimate of drug-likeness (QED) is 0.441. The van der Waals surface area contributed by atoms with E-state index in [4.69, 9.17) is 0 Å². The van der Waals surface area contributed by atoms with Crippen molar-refractivity contribution in [2.24, 2.45) is 7.05 Å². The van der Waals surface area contributed by atoms with Gasteiger partial charge in [0.25, 0.3) is 5.56 Å². The van der Waals surface area contributed by atoms with Gasteiger partial charge in [-0.05, 0) is 79.6 Å². The molecule has 5 rings (SSSR count). The van der Waals surface area contributed by atoms with Crippen LogP contribution in [0.25, 0.3) is 33.3 Å². The minimum atomic E-state index is -0.000322. The number of hydrogen-bond donors (Lipinski definition) is 2. The van der Waals surface area contributed by atoms with Gasteiger partial charge in [0.2, 0.25) is 0 Å². The third-order valence-electron chi connectivity index (χ3n) is 7.11. The van der Waals surface area contributed by atoms with E-state index in [2.05, 4.69) is 54.3 Å². The number of pyridine rings is 2. The molecule has 170 valence electrons. The molecule has 3 aromatic heterocycles. The van der Waals surface area contributed by atoms with Gasteiger partial charge >= 0.3 is 0 Å². The lowest BCUT2D eigenvalue weighted by Gasteiger charge is -2.23. The minimum absolute atomic E-state index is 0.000322. The van der Waals surface area contributed by atoms with E-state index in [0.29, 0.717) is 17.4 Å². The SMILES string of the molecule is Cc1c(-c2[nH]c3ccc(C4CCNCC4)cc3c2C(C)C)cn(C)c(=O)c1-c1cccnc1. The summed E-state index contributed by atoms with van der Waals surface area (Å²) < 4.78 is 1.70. The Kier molecular flexibility index (Phi) is 5.67. The monoisotopic (exact) mass is 440 g/mol. The molecule has 0 amide bonds. The number of aryl methyl sites for hydroxylation is 1. The number of nitrogens with one attached hydrogen (secondary N) is 2. The molecule has 0 spiro atoms. The summed E-state index contributed by atoms with van der Waals surface area (Å²) in [6.07, 6.45) is 7.86. The largest absolute Gasteiger partial charge is 0.354 e. The summed E-state index contributed by atoms with van der Waals surface area (Å²) in [5.74, 6) is 0.959. The standard InChI is InChI=1S/C28H32N4O/c1-17(2)25-22-14-20(19-9-12-29-13-10-19)7-8-24(22)31-27(25)23-16-32(4)28(33)26(18(23)3)21-6-5-11-30-15-21/h5-8,11,14-17,19,29,31H,9-10,12-13H2,1-4H3. The lowest BCUT2D eigenvalue weighted by Crippen LogP contribution is -2.26. The molecule has 5 nitrogen and oxygen atoms in total. The summed E-state index contributed by atoms with van der Waals surface area (Å²) in [4.78, 5) is 21.1. The summed E-state index contributed by atoms with van der Waals surface area (Å²) in [5, 5.41) is 4.77. The number of rotatable bonds is 4. The molecule has 1 aliphatic heterocycles. The molecule has 1 fully saturated rings. The van der Waals surface area contributed by atoms with Gasteiger partial charge in [-0.15, -0.1) is 0 Å². The average Bonchev–Trinajstić information content (AvgIpc) is 3.21. The molecule has 4 aromatic rings. The van der Waals surface area contributed by atoms with E-state index in [1.165, 1.54) is 29.4 Å². The highest BCUT2D eigenvalue weighted by molar-refractivity contribution is 5.93. The van der Waals surface area contributed by atoms with E-state index in [0.717, 1.165) is 41.0 Å². The number of piperidine rings is 1. The predicted octanol–water partition coefficient (Wildman–Crippen LogP) is 5.49. The van der Waals surface area contributed by atoms with E-state index in [1.807, 2.05) is 25.4 Å². The number of hydrogen-bond acceptors (Lipinski definition) is 3. The van der Waals surface area contributed by atoms with Crippen molar-refractivity contribution in [2.75, 3.05) is 13.1 Å². The van der Waals surface area contributed by atoms with Gasteiger partial charge in [0.1, 0.15) is 0 Å². The highest BCUT2D eigenvalue weighted by Crippen LogP contribution is 2.39. The number of H-pyrrole nitrogens is 1. The van der Waals surface area contributed by atoms with Crippen LogP contribution in [0.1, 0.15) is 55.2 Å². The van der Waals surface area contributed by atoms with Crippen molar-refractivity contribution in [3.8, 4) is 22.4 Å². The maximum absolute atomic E-state index is 13.1. The van der Waals surface area contributed by atoms with Crippen molar-refractivity contribution in [1.82, 2.24) is 19.9 Å². The molecule has 0 saturated carbocycles. The van der Waals surface area contributed by atoms with Crippen molar-refractivity contribution < 1.29 is 0 Å². The fourth-order valence-electron chi connectivity index (χ4n) is 5.37. The Morgan fingerprint density at radius 2 is 1.94 bits per heavy atom. The summed E-state index contributed by atoms with van der Waals surface area (Å²) in [5.41, 5.74) is 8.64. The predicted molar refractivity (Wildman–Crippen MR) is 136 cm³/mol. The molecule has 0 atom stereocenters. The Morgan fingerprint density at radius 1 is 1.15 bits per heavy atom. The first-order valence-electron chi connectivity index (χ1n) is 11.9. The van der Waals surface area contributed by atoms with Gasteiger partial charge in [0.05, 0.1) is 11.3 Å². The van der Waals surface area contributed by atoms with E-state index in [-0.39, 0.29) is 5.56 Å². The fraction of sp³-hybridized carbons (Fsp3) is 0.357. The van der Waals surface area contributed by atoms with Crippen molar-refractivity contribution in [3.05, 3.63) is 76.0 Å². The van der Waals surface area contributed by atoms with Crippen LogP contribution < -0.4 is 10.9 Å². The number of benzene rings is 1. The van der Waals surface area contributed by atoms with E-state index < -0.39 is 0 Å². The van der Waals surface area contributed by atoms with Crippen molar-refractivity contribution >= 4 is 10.9 Å². The Balaban J connectivity index is 1.72. The van der Waals surface area contributed by atoms with E-state index >= 15 is 0 Å². The molecule has 4 heterocycles. The first-order chi connectivity index (χ1) is 16.0. The van der Waals surface area contributed by atoms with Crippen molar-refractivity contribution in [1.29, 1.82) is 0 Å². The van der Waals surface area contributed by atoms with Gasteiger partial charge in [-0.25, -0.2) is 0 Å². The third kappa shape index (κ3) is 3.80. The normalized spacial score (nSPS) is 14.9. The molecule has 1 aliphatic rings. The Morgan fingerprint density at radius 3 is 2.64 bits per heavy atom. The third-order valence-corrected chi connectivity index (χ3v) is 7.11. The molecule has 33 heavy (non-hydrogen) atoms. The highest BCUT2D eigenvalue weighted by Gasteiger charge is 2.23. The van der Waals surface area contributed by atoms with Crippen LogP contribution in [0.2, 0.25) is 0 Å². The summed E-state index contributed by atoms with van der Waals surface area (Å²) in [6.45, 7) is 8.74. The molecule has 1 saturated heterocycles. The molecule has 2 N–H and O–H groups in total. The average molecular weight is 441 g/mol. The number of aromatic amines is 1. The van der Waals surface area contributed by atoms with Crippen LogP contribution in [-0.2, 0) is 7.05 Å². The van der Waals surface area contributed by atoms with Gasteiger partial charge in [-0.3, -0.25) is 9.78 Å². The molecular formula is C28H32N4O. The topological polar surface area (TPSA) is 62.7 Å². The lowest BCUT2D eigenvalue weighted by atomic mass is 9.88. The minimum Gasteiger partial charge on any atom is -0.354 e. The van der Waals surface area contributed by atoms with Gasteiger partial charge in [-0.2, -0.15) is 0 Å².